The lowest BCUT2D eigenvalue weighted by Gasteiger charge is -2.57. The van der Waals surface area contributed by atoms with Crippen molar-refractivity contribution in [3.05, 3.63) is 22.8 Å². The fraction of sp³-hybridized carbons (Fsp3) is 0.789. The van der Waals surface area contributed by atoms with Crippen LogP contribution in [0, 0.1) is 28.6 Å². The Kier molecular flexibility index (Phi) is 3.33. The number of alkyl halides is 1. The van der Waals surface area contributed by atoms with Gasteiger partial charge in [-0.2, -0.15) is 0 Å². The first-order valence-electron chi connectivity index (χ1n) is 8.65. The van der Waals surface area contributed by atoms with Crippen LogP contribution in [-0.4, -0.2) is 5.38 Å². The lowest BCUT2D eigenvalue weighted by molar-refractivity contribution is -0.0141. The van der Waals surface area contributed by atoms with Gasteiger partial charge in [-0.15, -0.1) is 11.6 Å². The van der Waals surface area contributed by atoms with Crippen LogP contribution in [0.2, 0.25) is 0 Å². The quantitative estimate of drug-likeness (QED) is 0.363. The molecule has 116 valence electrons. The van der Waals surface area contributed by atoms with E-state index in [0.717, 1.165) is 29.2 Å². The molecule has 0 saturated heterocycles. The predicted octanol–water partition coefficient (Wildman–Crippen LogP) is 6.29. The summed E-state index contributed by atoms with van der Waals surface area (Å²) in [4.78, 5) is 0. The van der Waals surface area contributed by atoms with Crippen LogP contribution in [0.3, 0.4) is 0 Å². The van der Waals surface area contributed by atoms with Crippen molar-refractivity contribution >= 4 is 23.2 Å². The van der Waals surface area contributed by atoms with Crippen molar-refractivity contribution in [3.63, 3.8) is 0 Å². The Morgan fingerprint density at radius 2 is 1.76 bits per heavy atom. The van der Waals surface area contributed by atoms with Crippen molar-refractivity contribution < 1.29 is 0 Å². The fourth-order valence-electron chi connectivity index (χ4n) is 6.13. The van der Waals surface area contributed by atoms with E-state index in [4.69, 9.17) is 23.2 Å². The van der Waals surface area contributed by atoms with E-state index in [-0.39, 0.29) is 5.41 Å². The Morgan fingerprint density at radius 3 is 2.57 bits per heavy atom. The normalized spacial score (nSPS) is 52.4. The van der Waals surface area contributed by atoms with Crippen LogP contribution in [0.4, 0.5) is 0 Å². The van der Waals surface area contributed by atoms with Gasteiger partial charge >= 0.3 is 0 Å². The molecular weight excluding hydrogens is 299 g/mol. The van der Waals surface area contributed by atoms with Crippen LogP contribution < -0.4 is 0 Å². The Balaban J connectivity index is 1.68. The third kappa shape index (κ3) is 1.94. The zero-order valence-electron chi connectivity index (χ0n) is 13.2. The summed E-state index contributed by atoms with van der Waals surface area (Å²) in [5.41, 5.74) is 2.37. The highest BCUT2D eigenvalue weighted by Crippen LogP contribution is 2.65. The minimum Gasteiger partial charge on any atom is -0.123 e. The number of hydrogen-bond donors (Lipinski definition) is 0. The number of rotatable bonds is 0. The maximum Gasteiger partial charge on any atom is 0.0373 e. The molecule has 4 aliphatic rings. The zero-order valence-corrected chi connectivity index (χ0v) is 14.7. The number of hydrogen-bond acceptors (Lipinski definition) is 0. The van der Waals surface area contributed by atoms with Crippen LogP contribution in [0.25, 0.3) is 0 Å². The van der Waals surface area contributed by atoms with E-state index in [2.05, 4.69) is 26.0 Å². The largest absolute Gasteiger partial charge is 0.123 e. The fourth-order valence-corrected chi connectivity index (χ4v) is 6.73. The van der Waals surface area contributed by atoms with Crippen molar-refractivity contribution in [3.8, 4) is 0 Å². The molecule has 2 heteroatoms. The monoisotopic (exact) mass is 324 g/mol. The van der Waals surface area contributed by atoms with Crippen LogP contribution in [0.5, 0.6) is 0 Å². The Morgan fingerprint density at radius 1 is 1.00 bits per heavy atom. The molecule has 0 heterocycles. The molecule has 0 bridgehead atoms. The van der Waals surface area contributed by atoms with E-state index in [1.54, 1.807) is 5.57 Å². The van der Waals surface area contributed by atoms with Crippen molar-refractivity contribution in [2.45, 2.75) is 64.2 Å². The number of halogens is 2. The highest BCUT2D eigenvalue weighted by Gasteiger charge is 2.56. The average Bonchev–Trinajstić information content (AvgIpc) is 2.76. The van der Waals surface area contributed by atoms with E-state index in [1.165, 1.54) is 38.5 Å². The maximum atomic E-state index is 6.58. The topological polar surface area (TPSA) is 0 Å². The summed E-state index contributed by atoms with van der Waals surface area (Å²) in [7, 11) is 0. The summed E-state index contributed by atoms with van der Waals surface area (Å²) < 4.78 is 0. The highest BCUT2D eigenvalue weighted by atomic mass is 35.5. The van der Waals surface area contributed by atoms with E-state index in [9.17, 15) is 0 Å². The summed E-state index contributed by atoms with van der Waals surface area (Å²) in [6.07, 6.45) is 13.6. The van der Waals surface area contributed by atoms with Gasteiger partial charge in [-0.3, -0.25) is 0 Å². The van der Waals surface area contributed by atoms with E-state index < -0.39 is 0 Å². The summed E-state index contributed by atoms with van der Waals surface area (Å²) >= 11 is 13.0. The lowest BCUT2D eigenvalue weighted by Crippen LogP contribution is -2.49. The van der Waals surface area contributed by atoms with E-state index in [1.807, 2.05) is 0 Å². The molecule has 0 aliphatic heterocycles. The molecule has 21 heavy (non-hydrogen) atoms. The summed E-state index contributed by atoms with van der Waals surface area (Å²) in [6, 6.07) is 0. The first-order valence-corrected chi connectivity index (χ1v) is 9.46. The van der Waals surface area contributed by atoms with Gasteiger partial charge < -0.3 is 0 Å². The molecule has 2 fully saturated rings. The molecule has 0 unspecified atom stereocenters. The SMILES string of the molecule is C[C@@]12CC[C@@H]3[C@H](CC=C4C[C@H](Cl)CC[C@@]43C)[C@H]1CC=C2Cl. The molecule has 0 nitrogen and oxygen atoms in total. The molecule has 0 aromatic rings. The maximum absolute atomic E-state index is 6.58. The minimum atomic E-state index is 0.272. The van der Waals surface area contributed by atoms with Gasteiger partial charge in [-0.1, -0.05) is 43.2 Å². The first-order chi connectivity index (χ1) is 9.95. The van der Waals surface area contributed by atoms with Gasteiger partial charge in [-0.25, -0.2) is 0 Å². The van der Waals surface area contributed by atoms with E-state index >= 15 is 0 Å². The molecular formula is C19H26Cl2. The Bertz CT molecular complexity index is 520. The molecule has 0 spiro atoms. The zero-order chi connectivity index (χ0) is 14.8. The van der Waals surface area contributed by atoms with Crippen molar-refractivity contribution in [2.75, 3.05) is 0 Å². The average molecular weight is 325 g/mol. The molecule has 4 aliphatic carbocycles. The predicted molar refractivity (Wildman–Crippen MR) is 90.7 cm³/mol. The van der Waals surface area contributed by atoms with Gasteiger partial charge in [0.2, 0.25) is 0 Å². The third-order valence-corrected chi connectivity index (χ3v) is 8.49. The number of fused-ring (bicyclic) bond motifs is 5. The molecule has 2 saturated carbocycles. The standard InChI is InChI=1S/C19H26Cl2/c1-18-9-7-13(20)11-12(18)3-4-14-15-5-6-17(21)19(15,2)10-8-16(14)18/h3,6,13-16H,4-5,7-11H2,1-2H3/t13-,14-,15-,16-,18+,19-/m1/s1. The summed E-state index contributed by atoms with van der Waals surface area (Å²) in [5, 5.41) is 1.52. The summed E-state index contributed by atoms with van der Waals surface area (Å²) in [6.45, 7) is 4.95. The Labute approximate surface area is 139 Å². The molecule has 0 aromatic heterocycles. The number of allylic oxidation sites excluding steroid dienone is 4. The molecule has 0 amide bonds. The van der Waals surface area contributed by atoms with Crippen molar-refractivity contribution in [1.29, 1.82) is 0 Å². The van der Waals surface area contributed by atoms with Crippen LogP contribution in [0.1, 0.15) is 58.8 Å². The van der Waals surface area contributed by atoms with Gasteiger partial charge in [0.05, 0.1) is 0 Å². The van der Waals surface area contributed by atoms with E-state index in [0.29, 0.717) is 10.8 Å². The van der Waals surface area contributed by atoms with Gasteiger partial charge in [0.1, 0.15) is 0 Å². The minimum absolute atomic E-state index is 0.272. The molecule has 0 radical (unpaired) electrons. The second-order valence-corrected chi connectivity index (χ2v) is 9.37. The molecule has 4 rings (SSSR count). The third-order valence-electron chi connectivity index (χ3n) is 7.53. The van der Waals surface area contributed by atoms with Crippen LogP contribution >= 0.6 is 23.2 Å². The molecule has 0 aromatic carbocycles. The van der Waals surface area contributed by atoms with Crippen molar-refractivity contribution in [2.24, 2.45) is 28.6 Å². The lowest BCUT2D eigenvalue weighted by atomic mass is 9.48. The second kappa shape index (κ2) is 4.78. The first kappa shape index (κ1) is 14.6. The smallest absolute Gasteiger partial charge is 0.0373 e. The molecule has 6 atom stereocenters. The second-order valence-electron chi connectivity index (χ2n) is 8.34. The van der Waals surface area contributed by atoms with Gasteiger partial charge in [0, 0.05) is 15.8 Å². The van der Waals surface area contributed by atoms with Gasteiger partial charge in [0.15, 0.2) is 0 Å². The van der Waals surface area contributed by atoms with Crippen molar-refractivity contribution in [1.82, 2.24) is 0 Å². The Hall–Kier alpha value is 0.0600. The highest BCUT2D eigenvalue weighted by molar-refractivity contribution is 6.30. The van der Waals surface area contributed by atoms with Crippen LogP contribution in [0.15, 0.2) is 22.8 Å². The van der Waals surface area contributed by atoms with Crippen LogP contribution in [-0.2, 0) is 0 Å². The molecule has 0 N–H and O–H groups in total. The van der Waals surface area contributed by atoms with Gasteiger partial charge in [0.25, 0.3) is 0 Å². The summed E-state index contributed by atoms with van der Waals surface area (Å²) in [5.74, 6) is 2.46. The van der Waals surface area contributed by atoms with Gasteiger partial charge in [-0.05, 0) is 68.1 Å².